The first kappa shape index (κ1) is 12.1. The summed E-state index contributed by atoms with van der Waals surface area (Å²) < 4.78 is 6.39. The Labute approximate surface area is 110 Å². The van der Waals surface area contributed by atoms with Crippen molar-refractivity contribution in [1.82, 2.24) is 19.8 Å². The van der Waals surface area contributed by atoms with E-state index in [0.29, 0.717) is 12.6 Å². The number of nitrogens with zero attached hydrogens (tertiary/aromatic N) is 4. The first-order valence-electron chi connectivity index (χ1n) is 6.47. The van der Waals surface area contributed by atoms with Crippen LogP contribution in [-0.2, 0) is 13.1 Å². The molecule has 0 radical (unpaired) electrons. The summed E-state index contributed by atoms with van der Waals surface area (Å²) in [4.78, 5) is 14.0. The monoisotopic (exact) mass is 260 g/mol. The Morgan fingerprint density at radius 3 is 3.21 bits per heavy atom. The van der Waals surface area contributed by atoms with Gasteiger partial charge in [0.1, 0.15) is 6.26 Å². The van der Waals surface area contributed by atoms with Gasteiger partial charge in [-0.3, -0.25) is 9.69 Å². The van der Waals surface area contributed by atoms with Gasteiger partial charge in [0.15, 0.2) is 0 Å². The first-order valence-corrected chi connectivity index (χ1v) is 6.47. The molecule has 19 heavy (non-hydrogen) atoms. The second-order valence-electron chi connectivity index (χ2n) is 4.84. The van der Waals surface area contributed by atoms with Gasteiger partial charge in [0.05, 0.1) is 12.7 Å². The highest BCUT2D eigenvalue weighted by molar-refractivity contribution is 5.01. The van der Waals surface area contributed by atoms with Crippen LogP contribution in [0.5, 0.6) is 0 Å². The molecule has 2 aromatic heterocycles. The molecule has 1 aliphatic rings. The van der Waals surface area contributed by atoms with Gasteiger partial charge in [-0.05, 0) is 25.5 Å². The van der Waals surface area contributed by atoms with Crippen molar-refractivity contribution in [2.24, 2.45) is 0 Å². The quantitative estimate of drug-likeness (QED) is 0.817. The lowest BCUT2D eigenvalue weighted by atomic mass is 10.2. The fraction of sp³-hybridized carbons (Fsp3) is 0.462. The van der Waals surface area contributed by atoms with Crippen molar-refractivity contribution in [3.8, 4) is 0 Å². The Morgan fingerprint density at radius 1 is 1.47 bits per heavy atom. The fourth-order valence-corrected chi connectivity index (χ4v) is 2.57. The normalized spacial score (nSPS) is 19.9. The average molecular weight is 260 g/mol. The molecular weight excluding hydrogens is 244 g/mol. The standard InChI is InChI=1S/C13H16N4O2/c18-13-4-1-5-14-17(13)9-12-3-2-6-16(12)8-11-7-15-19-10-11/h1,4-5,7,10,12H,2-3,6,8-9H2. The third-order valence-corrected chi connectivity index (χ3v) is 3.54. The van der Waals surface area contributed by atoms with Crippen molar-refractivity contribution in [3.05, 3.63) is 46.7 Å². The maximum absolute atomic E-state index is 11.7. The van der Waals surface area contributed by atoms with E-state index in [4.69, 9.17) is 4.52 Å². The molecule has 1 atom stereocenters. The molecule has 2 aromatic rings. The van der Waals surface area contributed by atoms with E-state index in [0.717, 1.165) is 31.5 Å². The van der Waals surface area contributed by atoms with E-state index < -0.39 is 0 Å². The minimum atomic E-state index is -0.0423. The van der Waals surface area contributed by atoms with Crippen molar-refractivity contribution >= 4 is 0 Å². The molecule has 1 fully saturated rings. The zero-order valence-electron chi connectivity index (χ0n) is 10.6. The maximum atomic E-state index is 11.7. The second-order valence-corrected chi connectivity index (χ2v) is 4.84. The molecule has 3 rings (SSSR count). The smallest absolute Gasteiger partial charge is 0.266 e. The van der Waals surface area contributed by atoms with Crippen LogP contribution in [0.4, 0.5) is 0 Å². The van der Waals surface area contributed by atoms with E-state index in [1.807, 2.05) is 0 Å². The fourth-order valence-electron chi connectivity index (χ4n) is 2.57. The summed E-state index contributed by atoms with van der Waals surface area (Å²) in [7, 11) is 0. The molecule has 1 aliphatic heterocycles. The summed E-state index contributed by atoms with van der Waals surface area (Å²) in [6, 6.07) is 3.57. The summed E-state index contributed by atoms with van der Waals surface area (Å²) >= 11 is 0. The van der Waals surface area contributed by atoms with Crippen LogP contribution >= 0.6 is 0 Å². The van der Waals surface area contributed by atoms with Gasteiger partial charge in [-0.2, -0.15) is 5.10 Å². The van der Waals surface area contributed by atoms with Gasteiger partial charge < -0.3 is 4.52 Å². The summed E-state index contributed by atoms with van der Waals surface area (Å²) in [6.07, 6.45) is 7.30. The van der Waals surface area contributed by atoms with E-state index in [1.54, 1.807) is 30.8 Å². The van der Waals surface area contributed by atoms with Crippen LogP contribution < -0.4 is 5.56 Å². The molecule has 0 aromatic carbocycles. The van der Waals surface area contributed by atoms with Gasteiger partial charge >= 0.3 is 0 Å². The molecule has 0 amide bonds. The van der Waals surface area contributed by atoms with E-state index in [2.05, 4.69) is 15.2 Å². The van der Waals surface area contributed by atoms with E-state index in [-0.39, 0.29) is 5.56 Å². The predicted molar refractivity (Wildman–Crippen MR) is 68.4 cm³/mol. The summed E-state index contributed by atoms with van der Waals surface area (Å²) in [5, 5.41) is 7.84. The third-order valence-electron chi connectivity index (χ3n) is 3.54. The molecule has 6 heteroatoms. The minimum Gasteiger partial charge on any atom is -0.364 e. The Bertz CT molecular complexity index is 578. The average Bonchev–Trinajstić information content (AvgIpc) is 3.06. The van der Waals surface area contributed by atoms with Gasteiger partial charge in [-0.15, -0.1) is 0 Å². The van der Waals surface area contributed by atoms with Crippen LogP contribution in [0.1, 0.15) is 18.4 Å². The molecule has 0 N–H and O–H groups in total. The summed E-state index contributed by atoms with van der Waals surface area (Å²) in [6.45, 7) is 2.50. The zero-order chi connectivity index (χ0) is 13.1. The summed E-state index contributed by atoms with van der Waals surface area (Å²) in [5.74, 6) is 0. The molecule has 100 valence electrons. The molecule has 0 bridgehead atoms. The van der Waals surface area contributed by atoms with E-state index in [9.17, 15) is 4.79 Å². The number of likely N-dealkylation sites (tertiary alicyclic amines) is 1. The van der Waals surface area contributed by atoms with Crippen LogP contribution in [0.25, 0.3) is 0 Å². The molecule has 3 heterocycles. The van der Waals surface area contributed by atoms with Crippen molar-refractivity contribution in [2.75, 3.05) is 6.54 Å². The van der Waals surface area contributed by atoms with Gasteiger partial charge in [0.2, 0.25) is 0 Å². The van der Waals surface area contributed by atoms with E-state index in [1.165, 1.54) is 4.68 Å². The predicted octanol–water partition coefficient (Wildman–Crippen LogP) is 0.896. The number of rotatable bonds is 4. The highest BCUT2D eigenvalue weighted by Crippen LogP contribution is 2.20. The third kappa shape index (κ3) is 2.73. The Kier molecular flexibility index (Phi) is 3.41. The lowest BCUT2D eigenvalue weighted by Crippen LogP contribution is -2.36. The number of hydrogen-bond donors (Lipinski definition) is 0. The number of hydrogen-bond acceptors (Lipinski definition) is 5. The van der Waals surface area contributed by atoms with Crippen LogP contribution in [0, 0.1) is 0 Å². The minimum absolute atomic E-state index is 0.0423. The largest absolute Gasteiger partial charge is 0.364 e. The molecule has 6 nitrogen and oxygen atoms in total. The molecule has 0 saturated carbocycles. The van der Waals surface area contributed by atoms with Gasteiger partial charge in [-0.25, -0.2) is 4.68 Å². The van der Waals surface area contributed by atoms with Crippen LogP contribution in [0.15, 0.2) is 40.1 Å². The lowest BCUT2D eigenvalue weighted by molar-refractivity contribution is 0.216. The molecule has 1 unspecified atom stereocenters. The van der Waals surface area contributed by atoms with Gasteiger partial charge in [-0.1, -0.05) is 5.16 Å². The van der Waals surface area contributed by atoms with E-state index >= 15 is 0 Å². The van der Waals surface area contributed by atoms with Gasteiger partial charge in [0, 0.05) is 30.4 Å². The van der Waals surface area contributed by atoms with Crippen LogP contribution in [0.2, 0.25) is 0 Å². The zero-order valence-corrected chi connectivity index (χ0v) is 10.6. The molecule has 0 spiro atoms. The van der Waals surface area contributed by atoms with Crippen LogP contribution in [0.3, 0.4) is 0 Å². The second kappa shape index (κ2) is 5.36. The Hall–Kier alpha value is -1.95. The van der Waals surface area contributed by atoms with Crippen molar-refractivity contribution < 1.29 is 4.52 Å². The molecule has 0 aliphatic carbocycles. The lowest BCUT2D eigenvalue weighted by Gasteiger charge is -2.23. The van der Waals surface area contributed by atoms with Crippen molar-refractivity contribution in [3.63, 3.8) is 0 Å². The highest BCUT2D eigenvalue weighted by atomic mass is 16.5. The Morgan fingerprint density at radius 2 is 2.42 bits per heavy atom. The molecule has 1 saturated heterocycles. The van der Waals surface area contributed by atoms with Crippen LogP contribution in [-0.4, -0.2) is 32.4 Å². The van der Waals surface area contributed by atoms with Crippen molar-refractivity contribution in [1.29, 1.82) is 0 Å². The topological polar surface area (TPSA) is 64.2 Å². The molecular formula is C13H16N4O2. The highest BCUT2D eigenvalue weighted by Gasteiger charge is 2.25. The van der Waals surface area contributed by atoms with Gasteiger partial charge in [0.25, 0.3) is 5.56 Å². The first-order chi connectivity index (χ1) is 9.33. The summed E-state index contributed by atoms with van der Waals surface area (Å²) in [5.41, 5.74) is 1.03. The number of aromatic nitrogens is 3. The Balaban J connectivity index is 1.70. The van der Waals surface area contributed by atoms with Crippen molar-refractivity contribution in [2.45, 2.75) is 32.0 Å². The maximum Gasteiger partial charge on any atom is 0.266 e. The SMILES string of the molecule is O=c1cccnn1CC1CCCN1Cc1cnoc1.